The molecule has 0 aromatic heterocycles. The van der Waals surface area contributed by atoms with E-state index in [0.29, 0.717) is 17.2 Å². The molecule has 4 nitrogen and oxygen atoms in total. The summed E-state index contributed by atoms with van der Waals surface area (Å²) in [7, 11) is -3.52. The molecule has 5 heteroatoms. The van der Waals surface area contributed by atoms with Crippen molar-refractivity contribution in [3.05, 3.63) is 52.6 Å². The van der Waals surface area contributed by atoms with Crippen LogP contribution in [0.4, 0.5) is 0 Å². The number of hydrogen-bond acceptors (Lipinski definition) is 3. The van der Waals surface area contributed by atoms with Crippen molar-refractivity contribution >= 4 is 15.8 Å². The van der Waals surface area contributed by atoms with E-state index in [1.165, 1.54) is 11.1 Å². The predicted molar refractivity (Wildman–Crippen MR) is 122 cm³/mol. The zero-order valence-electron chi connectivity index (χ0n) is 18.8. The fourth-order valence-electron chi connectivity index (χ4n) is 7.01. The van der Waals surface area contributed by atoms with E-state index in [-0.39, 0.29) is 22.7 Å². The maximum Gasteiger partial charge on any atom is 0.240 e. The number of aryl methyl sites for hydroxylation is 1. The Labute approximate surface area is 186 Å². The first-order valence-corrected chi connectivity index (χ1v) is 13.1. The molecule has 2 fully saturated rings. The fraction of sp³-hybridized carbons (Fsp3) is 0.577. The molecule has 4 atom stereocenters. The Morgan fingerprint density at radius 2 is 1.74 bits per heavy atom. The molecule has 166 valence electrons. The third kappa shape index (κ3) is 3.45. The van der Waals surface area contributed by atoms with Gasteiger partial charge in [-0.1, -0.05) is 48.3 Å². The van der Waals surface area contributed by atoms with E-state index in [0.717, 1.165) is 50.5 Å². The number of nitrogens with one attached hydrogen (secondary N) is 1. The van der Waals surface area contributed by atoms with E-state index in [1.807, 2.05) is 25.1 Å². The minimum absolute atomic E-state index is 0.0500. The predicted octanol–water partition coefficient (Wildman–Crippen LogP) is 5.24. The maximum absolute atomic E-state index is 13.0. The third-order valence-electron chi connectivity index (χ3n) is 8.69. The van der Waals surface area contributed by atoms with Gasteiger partial charge in [-0.05, 0) is 86.8 Å². The van der Waals surface area contributed by atoms with Crippen molar-refractivity contribution in [1.29, 1.82) is 0 Å². The van der Waals surface area contributed by atoms with E-state index in [4.69, 9.17) is 0 Å². The maximum atomic E-state index is 13.0. The summed E-state index contributed by atoms with van der Waals surface area (Å²) >= 11 is 0. The van der Waals surface area contributed by atoms with Gasteiger partial charge in [0.2, 0.25) is 10.0 Å². The van der Waals surface area contributed by atoms with Gasteiger partial charge in [0.1, 0.15) is 0 Å². The van der Waals surface area contributed by atoms with Gasteiger partial charge in [0.05, 0.1) is 4.90 Å². The van der Waals surface area contributed by atoms with Gasteiger partial charge in [-0.3, -0.25) is 4.79 Å². The van der Waals surface area contributed by atoms with Crippen molar-refractivity contribution in [3.8, 4) is 0 Å². The van der Waals surface area contributed by atoms with Crippen molar-refractivity contribution in [2.45, 2.75) is 83.1 Å². The quantitative estimate of drug-likeness (QED) is 0.655. The van der Waals surface area contributed by atoms with Crippen LogP contribution in [0.3, 0.4) is 0 Å². The van der Waals surface area contributed by atoms with Crippen molar-refractivity contribution in [2.75, 3.05) is 0 Å². The summed E-state index contributed by atoms with van der Waals surface area (Å²) in [5.74, 6) is 0.771. The Bertz CT molecular complexity index is 1100. The highest BCUT2D eigenvalue weighted by Gasteiger charge is 2.53. The smallest absolute Gasteiger partial charge is 0.240 e. The second-order valence-corrected chi connectivity index (χ2v) is 12.5. The van der Waals surface area contributed by atoms with Gasteiger partial charge in [0, 0.05) is 12.5 Å². The number of allylic oxidation sites excluding steroid dienone is 3. The van der Waals surface area contributed by atoms with E-state index in [1.54, 1.807) is 17.7 Å². The minimum Gasteiger partial charge on any atom is -0.295 e. The molecule has 4 aliphatic carbocycles. The highest BCUT2D eigenvalue weighted by molar-refractivity contribution is 7.89. The second kappa shape index (κ2) is 7.14. The van der Waals surface area contributed by atoms with Crippen molar-refractivity contribution < 1.29 is 13.2 Å². The summed E-state index contributed by atoms with van der Waals surface area (Å²) in [4.78, 5) is 12.3. The van der Waals surface area contributed by atoms with E-state index >= 15 is 0 Å². The first-order valence-electron chi connectivity index (χ1n) is 11.7. The second-order valence-electron chi connectivity index (χ2n) is 10.8. The van der Waals surface area contributed by atoms with Gasteiger partial charge in [-0.15, -0.1) is 0 Å². The highest BCUT2D eigenvalue weighted by Crippen LogP contribution is 2.63. The average molecular weight is 440 g/mol. The van der Waals surface area contributed by atoms with Crippen LogP contribution in [0.1, 0.15) is 70.8 Å². The lowest BCUT2D eigenvalue weighted by Gasteiger charge is -2.53. The lowest BCUT2D eigenvalue weighted by molar-refractivity contribution is -0.115. The molecule has 4 aliphatic rings. The van der Waals surface area contributed by atoms with E-state index in [2.05, 4.69) is 18.6 Å². The average Bonchev–Trinajstić information content (AvgIpc) is 3.03. The fourth-order valence-corrected chi connectivity index (χ4v) is 8.24. The number of sulfonamides is 1. The summed E-state index contributed by atoms with van der Waals surface area (Å²) in [6.45, 7) is 6.71. The first-order chi connectivity index (χ1) is 14.6. The number of hydrogen-bond donors (Lipinski definition) is 1. The summed E-state index contributed by atoms with van der Waals surface area (Å²) in [6, 6.07) is 7.04. The van der Waals surface area contributed by atoms with Crippen LogP contribution in [0, 0.1) is 23.7 Å². The van der Waals surface area contributed by atoms with E-state index < -0.39 is 10.0 Å². The number of fused-ring (bicyclic) bond motifs is 4. The lowest BCUT2D eigenvalue weighted by Crippen LogP contribution is -2.42. The lowest BCUT2D eigenvalue weighted by atomic mass is 9.52. The monoisotopic (exact) mass is 439 g/mol. The zero-order chi connectivity index (χ0) is 22.0. The van der Waals surface area contributed by atoms with Crippen LogP contribution in [0.15, 0.2) is 52.0 Å². The topological polar surface area (TPSA) is 63.2 Å². The highest BCUT2D eigenvalue weighted by atomic mass is 32.2. The Balaban J connectivity index is 1.44. The standard InChI is InChI=1S/C26H33NO3S/c1-17-4-8-21(9-5-17)31(29,30)27-19-15-24-23-10-6-18-14-20(28)7-11-22(18)26(23,3)13-12-25(24,2)16-19/h4-5,8-9,14,19,22,27H,6-7,10-13,15-16H2,1-3H3/t19-,22+,25-,26-/m1/s1. The van der Waals surface area contributed by atoms with Gasteiger partial charge in [0.25, 0.3) is 0 Å². The van der Waals surface area contributed by atoms with Gasteiger partial charge in [-0.25, -0.2) is 13.1 Å². The molecule has 0 saturated heterocycles. The van der Waals surface area contributed by atoms with Crippen LogP contribution < -0.4 is 4.72 Å². The molecule has 5 rings (SSSR count). The Kier molecular flexibility index (Phi) is 4.87. The molecule has 1 aromatic carbocycles. The molecular formula is C26H33NO3S. The first kappa shape index (κ1) is 21.1. The molecule has 0 spiro atoms. The van der Waals surface area contributed by atoms with Gasteiger partial charge < -0.3 is 0 Å². The summed E-state index contributed by atoms with van der Waals surface area (Å²) in [6.07, 6.45) is 9.51. The Morgan fingerprint density at radius 3 is 2.48 bits per heavy atom. The molecular weight excluding hydrogens is 406 g/mol. The molecule has 0 radical (unpaired) electrons. The van der Waals surface area contributed by atoms with Gasteiger partial charge in [0.15, 0.2) is 5.78 Å². The van der Waals surface area contributed by atoms with Crippen LogP contribution >= 0.6 is 0 Å². The van der Waals surface area contributed by atoms with Crippen LogP contribution in [-0.2, 0) is 14.8 Å². The van der Waals surface area contributed by atoms with Crippen molar-refractivity contribution in [3.63, 3.8) is 0 Å². The summed E-state index contributed by atoms with van der Waals surface area (Å²) < 4.78 is 29.0. The normalized spacial score (nSPS) is 35.3. The molecule has 2 saturated carbocycles. The molecule has 0 heterocycles. The number of carbonyl (C=O) groups is 1. The van der Waals surface area contributed by atoms with Crippen LogP contribution in [0.25, 0.3) is 0 Å². The van der Waals surface area contributed by atoms with Crippen molar-refractivity contribution in [2.24, 2.45) is 16.7 Å². The summed E-state index contributed by atoms with van der Waals surface area (Å²) in [5.41, 5.74) is 5.72. The number of carbonyl (C=O) groups excluding carboxylic acids is 1. The van der Waals surface area contributed by atoms with Crippen LogP contribution in [-0.4, -0.2) is 20.2 Å². The number of rotatable bonds is 3. The summed E-state index contributed by atoms with van der Waals surface area (Å²) in [5, 5.41) is 0. The molecule has 0 aliphatic heterocycles. The minimum atomic E-state index is -3.52. The van der Waals surface area contributed by atoms with Gasteiger partial charge in [-0.2, -0.15) is 0 Å². The third-order valence-corrected chi connectivity index (χ3v) is 10.2. The largest absolute Gasteiger partial charge is 0.295 e. The van der Waals surface area contributed by atoms with Crippen LogP contribution in [0.2, 0.25) is 0 Å². The molecule has 0 bridgehead atoms. The Morgan fingerprint density at radius 1 is 1.00 bits per heavy atom. The van der Waals surface area contributed by atoms with E-state index in [9.17, 15) is 13.2 Å². The Hall–Kier alpha value is -1.72. The SMILES string of the molecule is Cc1ccc(S(=O)(=O)N[C@@H]2CC3=C4CCC5=CC(=O)CC[C@@H]5[C@@]4(C)CC[C@]3(C)C2)cc1. The molecule has 31 heavy (non-hydrogen) atoms. The van der Waals surface area contributed by atoms with Crippen LogP contribution in [0.5, 0.6) is 0 Å². The van der Waals surface area contributed by atoms with Crippen molar-refractivity contribution in [1.82, 2.24) is 4.72 Å². The molecule has 1 N–H and O–H groups in total. The molecule has 1 aromatic rings. The molecule has 0 unspecified atom stereocenters. The molecule has 0 amide bonds. The number of benzene rings is 1. The zero-order valence-corrected chi connectivity index (χ0v) is 19.6. The number of ketones is 1. The van der Waals surface area contributed by atoms with Gasteiger partial charge >= 0.3 is 0 Å².